The van der Waals surface area contributed by atoms with Gasteiger partial charge in [0.1, 0.15) is 12.9 Å². The first-order valence-electron chi connectivity index (χ1n) is 5.43. The van der Waals surface area contributed by atoms with Crippen LogP contribution in [0.1, 0.15) is 6.42 Å². The molecule has 1 heterocycles. The van der Waals surface area contributed by atoms with Crippen molar-refractivity contribution in [2.24, 2.45) is 0 Å². The van der Waals surface area contributed by atoms with Gasteiger partial charge in [0, 0.05) is 34.0 Å². The molecule has 0 aliphatic carbocycles. The lowest BCUT2D eigenvalue weighted by molar-refractivity contribution is 0.0531. The molecule has 7 heteroatoms. The van der Waals surface area contributed by atoms with Crippen LogP contribution in [0.3, 0.4) is 0 Å². The second-order valence-electron chi connectivity index (χ2n) is 3.46. The molecule has 0 atom stereocenters. The van der Waals surface area contributed by atoms with Crippen molar-refractivity contribution >= 4 is 8.80 Å². The average Bonchev–Trinajstić information content (AvgIpc) is 2.88. The Hall–Kier alpha value is -0.603. The van der Waals surface area contributed by atoms with Gasteiger partial charge in [0.25, 0.3) is 0 Å². The maximum atomic E-state index is 5.43. The topological polar surface area (TPSA) is 55.4 Å². The normalized spacial score (nSPS) is 15.4. The van der Waals surface area contributed by atoms with E-state index in [1.54, 1.807) is 27.6 Å². The summed E-state index contributed by atoms with van der Waals surface area (Å²) in [5.74, 6) is 0.721. The Kier molecular flexibility index (Phi) is 6.52. The largest absolute Gasteiger partial charge is 0.500 e. The van der Waals surface area contributed by atoms with Crippen molar-refractivity contribution in [2.45, 2.75) is 12.5 Å². The van der Waals surface area contributed by atoms with Crippen LogP contribution in [0.2, 0.25) is 6.04 Å². The molecule has 0 saturated heterocycles. The molecule has 0 spiro atoms. The first-order valence-corrected chi connectivity index (χ1v) is 7.36. The molecule has 0 aromatic carbocycles. The van der Waals surface area contributed by atoms with Crippen molar-refractivity contribution in [3.05, 3.63) is 12.0 Å². The zero-order chi connectivity index (χ0) is 12.6. The molecular weight excluding hydrogens is 244 g/mol. The first kappa shape index (κ1) is 14.5. The maximum Gasteiger partial charge on any atom is 0.500 e. The molecule has 1 aliphatic heterocycles. The molecule has 0 radical (unpaired) electrons. The molecule has 17 heavy (non-hydrogen) atoms. The van der Waals surface area contributed by atoms with Crippen molar-refractivity contribution in [3.63, 3.8) is 0 Å². The van der Waals surface area contributed by atoms with Gasteiger partial charge in [-0.1, -0.05) is 0 Å². The monoisotopic (exact) mass is 264 g/mol. The molecule has 0 bridgehead atoms. The zero-order valence-electron chi connectivity index (χ0n) is 10.6. The lowest BCUT2D eigenvalue weighted by atomic mass is 10.5. The SMILES string of the molecule is CO[Si](CCCOCC1=COCO1)(OC)OC. The molecular formula is C10H20O6Si. The van der Waals surface area contributed by atoms with Gasteiger partial charge in [-0.2, -0.15) is 0 Å². The molecule has 0 aromatic heterocycles. The van der Waals surface area contributed by atoms with Crippen LogP contribution in [0.15, 0.2) is 12.0 Å². The van der Waals surface area contributed by atoms with Gasteiger partial charge in [0.15, 0.2) is 5.76 Å². The van der Waals surface area contributed by atoms with Gasteiger partial charge in [-0.05, 0) is 6.42 Å². The number of ether oxygens (including phenoxy) is 3. The fourth-order valence-corrected chi connectivity index (χ4v) is 3.16. The summed E-state index contributed by atoms with van der Waals surface area (Å²) in [6.45, 7) is 1.32. The van der Waals surface area contributed by atoms with Crippen LogP contribution in [0.5, 0.6) is 0 Å². The third-order valence-electron chi connectivity index (χ3n) is 2.48. The fourth-order valence-electron chi connectivity index (χ4n) is 1.47. The minimum Gasteiger partial charge on any atom is -0.462 e. The second-order valence-corrected chi connectivity index (χ2v) is 6.56. The van der Waals surface area contributed by atoms with E-state index < -0.39 is 8.80 Å². The van der Waals surface area contributed by atoms with E-state index in [0.29, 0.717) is 13.2 Å². The summed E-state index contributed by atoms with van der Waals surface area (Å²) in [6, 6.07) is 0.729. The van der Waals surface area contributed by atoms with Gasteiger partial charge in [0.05, 0.1) is 0 Å². The second kappa shape index (κ2) is 7.67. The summed E-state index contributed by atoms with van der Waals surface area (Å²) in [7, 11) is 2.37. The maximum absolute atomic E-state index is 5.43. The van der Waals surface area contributed by atoms with Crippen molar-refractivity contribution in [1.82, 2.24) is 0 Å². The highest BCUT2D eigenvalue weighted by Crippen LogP contribution is 2.15. The molecule has 0 aromatic rings. The van der Waals surface area contributed by atoms with Gasteiger partial charge in [-0.15, -0.1) is 0 Å². The van der Waals surface area contributed by atoms with Crippen molar-refractivity contribution in [1.29, 1.82) is 0 Å². The standard InChI is InChI=1S/C10H20O6Si/c1-11-17(12-2,13-3)6-4-5-14-7-10-8-15-9-16-10/h8H,4-7,9H2,1-3H3. The van der Waals surface area contributed by atoms with Crippen LogP contribution in [-0.4, -0.2) is 50.1 Å². The van der Waals surface area contributed by atoms with Crippen molar-refractivity contribution < 1.29 is 27.5 Å². The Balaban J connectivity index is 2.09. The molecule has 0 amide bonds. The van der Waals surface area contributed by atoms with E-state index in [1.807, 2.05) is 0 Å². The minimum absolute atomic E-state index is 0.283. The molecule has 6 nitrogen and oxygen atoms in total. The van der Waals surface area contributed by atoms with Gasteiger partial charge < -0.3 is 27.5 Å². The third kappa shape index (κ3) is 4.64. The van der Waals surface area contributed by atoms with Crippen molar-refractivity contribution in [3.8, 4) is 0 Å². The predicted molar refractivity (Wildman–Crippen MR) is 62.1 cm³/mol. The molecule has 100 valence electrons. The fraction of sp³-hybridized carbons (Fsp3) is 0.800. The quantitative estimate of drug-likeness (QED) is 0.459. The highest BCUT2D eigenvalue weighted by molar-refractivity contribution is 6.60. The van der Waals surface area contributed by atoms with Gasteiger partial charge in [-0.3, -0.25) is 0 Å². The average molecular weight is 264 g/mol. The summed E-state index contributed by atoms with van der Waals surface area (Å²) in [4.78, 5) is 0. The Morgan fingerprint density at radius 3 is 2.47 bits per heavy atom. The van der Waals surface area contributed by atoms with Crippen LogP contribution in [-0.2, 0) is 27.5 Å². The van der Waals surface area contributed by atoms with Crippen molar-refractivity contribution in [2.75, 3.05) is 41.3 Å². The number of hydrogen-bond donors (Lipinski definition) is 0. The van der Waals surface area contributed by atoms with E-state index >= 15 is 0 Å². The number of hydrogen-bond acceptors (Lipinski definition) is 6. The minimum atomic E-state index is -2.45. The van der Waals surface area contributed by atoms with Crippen LogP contribution in [0.25, 0.3) is 0 Å². The zero-order valence-corrected chi connectivity index (χ0v) is 11.6. The Labute approximate surface area is 103 Å². The Morgan fingerprint density at radius 1 is 1.24 bits per heavy atom. The summed E-state index contributed by atoms with van der Waals surface area (Å²) >= 11 is 0. The van der Waals surface area contributed by atoms with Crippen LogP contribution < -0.4 is 0 Å². The third-order valence-corrected chi connectivity index (χ3v) is 5.31. The first-order chi connectivity index (χ1) is 8.26. The highest BCUT2D eigenvalue weighted by Gasteiger charge is 2.36. The Bertz CT molecular complexity index is 233. The smallest absolute Gasteiger partial charge is 0.462 e. The van der Waals surface area contributed by atoms with E-state index in [0.717, 1.165) is 18.2 Å². The van der Waals surface area contributed by atoms with Crippen LogP contribution in [0, 0.1) is 0 Å². The van der Waals surface area contributed by atoms with E-state index in [2.05, 4.69) is 0 Å². The molecule has 0 N–H and O–H groups in total. The molecule has 0 fully saturated rings. The van der Waals surface area contributed by atoms with E-state index in [1.165, 1.54) is 0 Å². The summed E-state index contributed by atoms with van der Waals surface area (Å²) in [6.07, 6.45) is 2.38. The van der Waals surface area contributed by atoms with E-state index in [9.17, 15) is 0 Å². The van der Waals surface area contributed by atoms with Crippen LogP contribution in [0.4, 0.5) is 0 Å². The molecule has 0 unspecified atom stereocenters. The predicted octanol–water partition coefficient (Wildman–Crippen LogP) is 1.12. The highest BCUT2D eigenvalue weighted by atomic mass is 28.4. The Morgan fingerprint density at radius 2 is 1.94 bits per heavy atom. The lowest BCUT2D eigenvalue weighted by Crippen LogP contribution is -2.42. The van der Waals surface area contributed by atoms with E-state index in [4.69, 9.17) is 27.5 Å². The molecule has 0 saturated carbocycles. The summed E-state index contributed by atoms with van der Waals surface area (Å²) in [5.41, 5.74) is 0. The van der Waals surface area contributed by atoms with Gasteiger partial charge in [0.2, 0.25) is 6.79 Å². The lowest BCUT2D eigenvalue weighted by Gasteiger charge is -2.24. The summed E-state index contributed by atoms with van der Waals surface area (Å²) < 4.78 is 31.3. The van der Waals surface area contributed by atoms with E-state index in [-0.39, 0.29) is 6.79 Å². The van der Waals surface area contributed by atoms with Crippen LogP contribution >= 0.6 is 0 Å². The molecule has 1 rings (SSSR count). The molecule has 1 aliphatic rings. The van der Waals surface area contributed by atoms with Gasteiger partial charge in [-0.25, -0.2) is 0 Å². The van der Waals surface area contributed by atoms with Gasteiger partial charge >= 0.3 is 8.80 Å². The number of rotatable bonds is 9. The summed E-state index contributed by atoms with van der Waals surface area (Å²) in [5, 5.41) is 0.